The molecule has 0 fully saturated rings. The molecule has 0 bridgehead atoms. The van der Waals surface area contributed by atoms with E-state index in [1.54, 1.807) is 13.0 Å². The molecule has 0 aliphatic carbocycles. The van der Waals surface area contributed by atoms with Crippen molar-refractivity contribution in [1.82, 2.24) is 14.8 Å². The molecule has 0 saturated carbocycles. The molecule has 0 aliphatic heterocycles. The van der Waals surface area contributed by atoms with Crippen molar-refractivity contribution in [2.24, 2.45) is 0 Å². The Morgan fingerprint density at radius 1 is 1.45 bits per heavy atom. The average molecular weight is 320 g/mol. The van der Waals surface area contributed by atoms with Crippen LogP contribution in [0, 0.1) is 12.7 Å². The number of rotatable bonds is 6. The third-order valence-electron chi connectivity index (χ3n) is 2.98. The maximum Gasteiger partial charge on any atom is 0.237 e. The SMILES string of the molecule is C=CCn1c(C)nnc1SC(C)C(=O)Nc1ccc(F)cc1. The maximum atomic E-state index is 12.8. The average Bonchev–Trinajstić information content (AvgIpc) is 2.83. The van der Waals surface area contributed by atoms with Crippen LogP contribution >= 0.6 is 11.8 Å². The van der Waals surface area contributed by atoms with Gasteiger partial charge in [-0.3, -0.25) is 4.79 Å². The highest BCUT2D eigenvalue weighted by Crippen LogP contribution is 2.23. The number of aromatic nitrogens is 3. The zero-order valence-corrected chi connectivity index (χ0v) is 13.2. The Hall–Kier alpha value is -2.15. The number of allylic oxidation sites excluding steroid dienone is 1. The quantitative estimate of drug-likeness (QED) is 0.656. The molecule has 0 radical (unpaired) electrons. The second-order valence-corrected chi connectivity index (χ2v) is 5.99. The smallest absolute Gasteiger partial charge is 0.237 e. The van der Waals surface area contributed by atoms with E-state index in [0.29, 0.717) is 17.4 Å². The summed E-state index contributed by atoms with van der Waals surface area (Å²) in [6, 6.07) is 5.65. The lowest BCUT2D eigenvalue weighted by atomic mass is 10.3. The molecule has 1 unspecified atom stereocenters. The molecule has 2 aromatic rings. The number of nitrogens with one attached hydrogen (secondary N) is 1. The molecule has 2 rings (SSSR count). The molecular formula is C15H17FN4OS. The molecule has 1 heterocycles. The molecule has 7 heteroatoms. The molecule has 1 amide bonds. The predicted molar refractivity (Wildman–Crippen MR) is 85.3 cm³/mol. The van der Waals surface area contributed by atoms with Crippen molar-refractivity contribution in [3.05, 3.63) is 48.6 Å². The summed E-state index contributed by atoms with van der Waals surface area (Å²) in [6.45, 7) is 7.92. The number of hydrogen-bond donors (Lipinski definition) is 1. The third-order valence-corrected chi connectivity index (χ3v) is 4.06. The number of benzene rings is 1. The number of hydrogen-bond acceptors (Lipinski definition) is 4. The molecule has 1 N–H and O–H groups in total. The standard InChI is InChI=1S/C15H17FN4OS/c1-4-9-20-11(3)18-19-15(20)22-10(2)14(21)17-13-7-5-12(16)6-8-13/h4-8,10H,1,9H2,2-3H3,(H,17,21). The van der Waals surface area contributed by atoms with E-state index in [9.17, 15) is 9.18 Å². The van der Waals surface area contributed by atoms with Gasteiger partial charge in [-0.15, -0.1) is 16.8 Å². The molecule has 116 valence electrons. The summed E-state index contributed by atoms with van der Waals surface area (Å²) in [7, 11) is 0. The van der Waals surface area contributed by atoms with E-state index in [0.717, 1.165) is 5.82 Å². The van der Waals surface area contributed by atoms with Crippen molar-refractivity contribution in [3.63, 3.8) is 0 Å². The first-order valence-corrected chi connectivity index (χ1v) is 7.63. The van der Waals surface area contributed by atoms with Crippen LogP contribution in [-0.4, -0.2) is 25.9 Å². The minimum absolute atomic E-state index is 0.178. The van der Waals surface area contributed by atoms with Gasteiger partial charge in [0.2, 0.25) is 5.91 Å². The Balaban J connectivity index is 2.02. The fraction of sp³-hybridized carbons (Fsp3) is 0.267. The van der Waals surface area contributed by atoms with Crippen molar-refractivity contribution in [1.29, 1.82) is 0 Å². The van der Waals surface area contributed by atoms with Crippen LogP contribution in [-0.2, 0) is 11.3 Å². The third kappa shape index (κ3) is 3.94. The number of halogens is 1. The minimum atomic E-state index is -0.364. The fourth-order valence-electron chi connectivity index (χ4n) is 1.78. The van der Waals surface area contributed by atoms with E-state index in [1.807, 2.05) is 11.5 Å². The first-order chi connectivity index (χ1) is 10.5. The number of thioether (sulfide) groups is 1. The van der Waals surface area contributed by atoms with E-state index in [-0.39, 0.29) is 17.0 Å². The van der Waals surface area contributed by atoms with Gasteiger partial charge in [0.25, 0.3) is 0 Å². The second-order valence-electron chi connectivity index (χ2n) is 4.69. The number of nitrogens with zero attached hydrogens (tertiary/aromatic N) is 3. The first-order valence-electron chi connectivity index (χ1n) is 6.75. The van der Waals surface area contributed by atoms with E-state index >= 15 is 0 Å². The predicted octanol–water partition coefficient (Wildman–Crippen LogP) is 3.03. The van der Waals surface area contributed by atoms with E-state index in [1.165, 1.54) is 36.0 Å². The molecule has 0 saturated heterocycles. The molecule has 1 atom stereocenters. The highest BCUT2D eigenvalue weighted by Gasteiger charge is 2.19. The Morgan fingerprint density at radius 2 is 2.14 bits per heavy atom. The summed E-state index contributed by atoms with van der Waals surface area (Å²) in [5, 5.41) is 11.1. The Kier molecular flexibility index (Phi) is 5.32. The largest absolute Gasteiger partial charge is 0.325 e. The minimum Gasteiger partial charge on any atom is -0.325 e. The number of carbonyl (C=O) groups is 1. The number of amides is 1. The van der Waals surface area contributed by atoms with Crippen LogP contribution in [0.1, 0.15) is 12.7 Å². The van der Waals surface area contributed by atoms with Crippen LogP contribution in [0.3, 0.4) is 0 Å². The second kappa shape index (κ2) is 7.22. The summed E-state index contributed by atoms with van der Waals surface area (Å²) in [6.07, 6.45) is 1.75. The van der Waals surface area contributed by atoms with Crippen LogP contribution in [0.25, 0.3) is 0 Å². The molecule has 0 spiro atoms. The van der Waals surface area contributed by atoms with Gasteiger partial charge in [-0.25, -0.2) is 4.39 Å². The molecule has 1 aromatic carbocycles. The summed E-state index contributed by atoms with van der Waals surface area (Å²) >= 11 is 1.32. The van der Waals surface area contributed by atoms with Gasteiger partial charge in [0.1, 0.15) is 11.6 Å². The summed E-state index contributed by atoms with van der Waals surface area (Å²) in [5.41, 5.74) is 0.558. The maximum absolute atomic E-state index is 12.8. The van der Waals surface area contributed by atoms with Crippen molar-refractivity contribution in [2.45, 2.75) is 30.8 Å². The molecule has 5 nitrogen and oxygen atoms in total. The van der Waals surface area contributed by atoms with Gasteiger partial charge in [-0.1, -0.05) is 17.8 Å². The fourth-order valence-corrected chi connectivity index (χ4v) is 2.68. The molecule has 22 heavy (non-hydrogen) atoms. The van der Waals surface area contributed by atoms with Gasteiger partial charge < -0.3 is 9.88 Å². The number of carbonyl (C=O) groups excluding carboxylic acids is 1. The van der Waals surface area contributed by atoms with E-state index in [2.05, 4.69) is 22.1 Å². The highest BCUT2D eigenvalue weighted by atomic mass is 32.2. The Labute approximate surface area is 132 Å². The van der Waals surface area contributed by atoms with Crippen LogP contribution in [0.5, 0.6) is 0 Å². The van der Waals surface area contributed by atoms with Crippen molar-refractivity contribution in [3.8, 4) is 0 Å². The van der Waals surface area contributed by atoms with E-state index in [4.69, 9.17) is 0 Å². The van der Waals surface area contributed by atoms with Crippen molar-refractivity contribution >= 4 is 23.4 Å². The monoisotopic (exact) mass is 320 g/mol. The zero-order chi connectivity index (χ0) is 16.1. The van der Waals surface area contributed by atoms with Crippen LogP contribution < -0.4 is 5.32 Å². The lowest BCUT2D eigenvalue weighted by molar-refractivity contribution is -0.115. The Morgan fingerprint density at radius 3 is 2.77 bits per heavy atom. The lowest BCUT2D eigenvalue weighted by Gasteiger charge is -2.12. The summed E-state index contributed by atoms with van der Waals surface area (Å²) < 4.78 is 14.7. The summed E-state index contributed by atoms with van der Waals surface area (Å²) in [5.74, 6) is 0.254. The molecular weight excluding hydrogens is 303 g/mol. The first kappa shape index (κ1) is 16.2. The topological polar surface area (TPSA) is 59.8 Å². The Bertz CT molecular complexity index is 669. The van der Waals surface area contributed by atoms with Gasteiger partial charge >= 0.3 is 0 Å². The lowest BCUT2D eigenvalue weighted by Crippen LogP contribution is -2.23. The van der Waals surface area contributed by atoms with Crippen molar-refractivity contribution in [2.75, 3.05) is 5.32 Å². The van der Waals surface area contributed by atoms with Gasteiger partial charge in [0.05, 0.1) is 5.25 Å². The van der Waals surface area contributed by atoms with Crippen LogP contribution in [0.4, 0.5) is 10.1 Å². The molecule has 1 aromatic heterocycles. The van der Waals surface area contributed by atoms with Crippen molar-refractivity contribution < 1.29 is 9.18 Å². The number of aryl methyl sites for hydroxylation is 1. The molecule has 0 aliphatic rings. The van der Waals surface area contributed by atoms with Gasteiger partial charge in [0, 0.05) is 12.2 Å². The normalized spacial score (nSPS) is 12.0. The van der Waals surface area contributed by atoms with Crippen LogP contribution in [0.2, 0.25) is 0 Å². The zero-order valence-electron chi connectivity index (χ0n) is 12.4. The number of anilines is 1. The highest BCUT2D eigenvalue weighted by molar-refractivity contribution is 8.00. The summed E-state index contributed by atoms with van der Waals surface area (Å²) in [4.78, 5) is 12.2. The van der Waals surface area contributed by atoms with Crippen LogP contribution in [0.15, 0.2) is 42.1 Å². The van der Waals surface area contributed by atoms with Gasteiger partial charge in [0.15, 0.2) is 5.16 Å². The van der Waals surface area contributed by atoms with E-state index < -0.39 is 0 Å². The van der Waals surface area contributed by atoms with Gasteiger partial charge in [-0.2, -0.15) is 0 Å². The van der Waals surface area contributed by atoms with Gasteiger partial charge in [-0.05, 0) is 38.1 Å².